The molecular weight excluding hydrogens is 337 g/mol. The highest BCUT2D eigenvalue weighted by Gasteiger charge is 2.43. The molecule has 1 aromatic carbocycles. The molecule has 0 fully saturated rings. The Morgan fingerprint density at radius 3 is 2.48 bits per heavy atom. The molecule has 2 atom stereocenters. The van der Waals surface area contributed by atoms with Crippen molar-refractivity contribution in [2.75, 3.05) is 13.1 Å². The maximum absolute atomic E-state index is 12.6. The first kappa shape index (κ1) is 17.3. The summed E-state index contributed by atoms with van der Waals surface area (Å²) in [5, 5.41) is 33.3. The quantitative estimate of drug-likeness (QED) is 0.802. The van der Waals surface area contributed by atoms with Gasteiger partial charge >= 0.3 is 6.18 Å². The van der Waals surface area contributed by atoms with E-state index in [2.05, 4.69) is 5.10 Å². The molecule has 10 heteroatoms. The number of amidine groups is 1. The topological polar surface area (TPSA) is 83.1 Å². The number of benzene rings is 1. The molecule has 0 spiro atoms. The van der Waals surface area contributed by atoms with Crippen molar-refractivity contribution in [1.29, 1.82) is 5.26 Å². The lowest BCUT2D eigenvalue weighted by atomic mass is 10.2. The fourth-order valence-electron chi connectivity index (χ4n) is 1.98. The van der Waals surface area contributed by atoms with Crippen LogP contribution in [-0.4, -0.2) is 57.7 Å². The van der Waals surface area contributed by atoms with Crippen molar-refractivity contribution >= 4 is 17.4 Å². The average Bonchev–Trinajstić information content (AvgIpc) is 2.77. The molecule has 2 unspecified atom stereocenters. The van der Waals surface area contributed by atoms with E-state index in [9.17, 15) is 23.4 Å². The van der Waals surface area contributed by atoms with E-state index in [4.69, 9.17) is 16.9 Å². The fraction of sp³-hybridized carbons (Fsp3) is 0.385. The van der Waals surface area contributed by atoms with Crippen molar-refractivity contribution in [2.45, 2.75) is 18.6 Å². The first-order chi connectivity index (χ1) is 10.7. The van der Waals surface area contributed by atoms with E-state index in [1.54, 1.807) is 6.07 Å². The van der Waals surface area contributed by atoms with E-state index in [-0.39, 0.29) is 12.4 Å². The number of hydrogen-bond donors (Lipinski definition) is 2. The van der Waals surface area contributed by atoms with Gasteiger partial charge in [-0.05, 0) is 24.3 Å². The van der Waals surface area contributed by atoms with Crippen molar-refractivity contribution in [3.63, 3.8) is 0 Å². The van der Waals surface area contributed by atoms with Crippen LogP contribution in [-0.2, 0) is 0 Å². The third-order valence-electron chi connectivity index (χ3n) is 3.12. The monoisotopic (exact) mass is 348 g/mol. The lowest BCUT2D eigenvalue weighted by molar-refractivity contribution is -0.211. The number of alkyl halides is 3. The van der Waals surface area contributed by atoms with Crippen LogP contribution in [0.3, 0.4) is 0 Å². The van der Waals surface area contributed by atoms with Gasteiger partial charge in [0.15, 0.2) is 11.9 Å². The van der Waals surface area contributed by atoms with E-state index in [0.29, 0.717) is 10.6 Å². The summed E-state index contributed by atoms with van der Waals surface area (Å²) in [6.45, 7) is -1.25. The second-order valence-electron chi connectivity index (χ2n) is 4.74. The van der Waals surface area contributed by atoms with Gasteiger partial charge in [-0.2, -0.15) is 23.5 Å². The molecule has 1 heterocycles. The minimum absolute atomic E-state index is 0.00715. The Balaban J connectivity index is 2.31. The summed E-state index contributed by atoms with van der Waals surface area (Å²) >= 11 is 5.76. The number of hydrogen-bond acceptors (Lipinski definition) is 6. The Morgan fingerprint density at radius 1 is 1.35 bits per heavy atom. The van der Waals surface area contributed by atoms with Crippen LogP contribution in [0.25, 0.3) is 0 Å². The van der Waals surface area contributed by atoms with Crippen LogP contribution in [0.2, 0.25) is 5.02 Å². The van der Waals surface area contributed by atoms with Crippen molar-refractivity contribution in [2.24, 2.45) is 5.10 Å². The Kier molecular flexibility index (Phi) is 4.99. The predicted molar refractivity (Wildman–Crippen MR) is 75.1 cm³/mol. The number of β-amino-alcohol motifs (C(OH)–C–C–N with tert-alkyl or cyclic N) is 1. The molecule has 0 saturated heterocycles. The summed E-state index contributed by atoms with van der Waals surface area (Å²) in [6.07, 6.45) is -9.10. The van der Waals surface area contributed by atoms with Gasteiger partial charge in [-0.3, -0.25) is 0 Å². The zero-order valence-corrected chi connectivity index (χ0v) is 12.3. The third-order valence-corrected chi connectivity index (χ3v) is 3.38. The minimum atomic E-state index is -4.84. The highest BCUT2D eigenvalue weighted by Crippen LogP contribution is 2.25. The molecule has 23 heavy (non-hydrogen) atoms. The predicted octanol–water partition coefficient (Wildman–Crippen LogP) is 1.34. The van der Waals surface area contributed by atoms with Gasteiger partial charge in [0, 0.05) is 10.6 Å². The third kappa shape index (κ3) is 3.85. The first-order valence-corrected chi connectivity index (χ1v) is 6.79. The van der Waals surface area contributed by atoms with Gasteiger partial charge < -0.3 is 15.1 Å². The summed E-state index contributed by atoms with van der Waals surface area (Å²) in [5.41, 5.74) is 0.392. The van der Waals surface area contributed by atoms with E-state index in [1.807, 2.05) is 0 Å². The van der Waals surface area contributed by atoms with E-state index in [0.717, 1.165) is 9.91 Å². The largest absolute Gasteiger partial charge is 0.416 e. The molecule has 2 N–H and O–H groups in total. The molecule has 124 valence electrons. The zero-order valence-electron chi connectivity index (χ0n) is 11.6. The van der Waals surface area contributed by atoms with Crippen LogP contribution in [0.1, 0.15) is 5.56 Å². The average molecular weight is 349 g/mol. The smallest absolute Gasteiger partial charge is 0.382 e. The van der Waals surface area contributed by atoms with Gasteiger partial charge in [0.25, 0.3) is 0 Å². The second kappa shape index (κ2) is 6.62. The van der Waals surface area contributed by atoms with E-state index < -0.39 is 25.2 Å². The number of hydrazone groups is 1. The van der Waals surface area contributed by atoms with Crippen LogP contribution in [0, 0.1) is 11.3 Å². The molecule has 1 aliphatic rings. The van der Waals surface area contributed by atoms with Gasteiger partial charge in [-0.15, -0.1) is 0 Å². The van der Waals surface area contributed by atoms with Crippen molar-refractivity contribution < 1.29 is 23.4 Å². The molecule has 1 aromatic rings. The standard InChI is InChI=1S/C13H12ClF3N4O2/c14-9-3-1-8(2-4-9)11-19-21(6-5-18)12(23)20(11)7-10(22)13(15,16)17/h1-4,10,12,22-23H,6-7H2. The maximum atomic E-state index is 12.6. The lowest BCUT2D eigenvalue weighted by Gasteiger charge is -2.29. The van der Waals surface area contributed by atoms with Gasteiger partial charge in [0.1, 0.15) is 6.54 Å². The number of rotatable bonds is 4. The summed E-state index contributed by atoms with van der Waals surface area (Å²) < 4.78 is 37.7. The van der Waals surface area contributed by atoms with Crippen LogP contribution in [0.5, 0.6) is 0 Å². The van der Waals surface area contributed by atoms with Crippen LogP contribution >= 0.6 is 11.6 Å². The van der Waals surface area contributed by atoms with Crippen LogP contribution < -0.4 is 0 Å². The van der Waals surface area contributed by atoms with Gasteiger partial charge in [0.05, 0.1) is 12.6 Å². The van der Waals surface area contributed by atoms with Crippen molar-refractivity contribution in [3.05, 3.63) is 34.9 Å². The van der Waals surface area contributed by atoms with Gasteiger partial charge in [0.2, 0.25) is 6.35 Å². The lowest BCUT2D eigenvalue weighted by Crippen LogP contribution is -2.49. The fourth-order valence-corrected chi connectivity index (χ4v) is 2.11. The number of aliphatic hydroxyl groups excluding tert-OH is 2. The van der Waals surface area contributed by atoms with Crippen molar-refractivity contribution in [1.82, 2.24) is 9.91 Å². The van der Waals surface area contributed by atoms with E-state index in [1.165, 1.54) is 24.3 Å². The first-order valence-electron chi connectivity index (χ1n) is 6.41. The highest BCUT2D eigenvalue weighted by molar-refractivity contribution is 6.30. The SMILES string of the molecule is N#CCN1N=C(c2ccc(Cl)cc2)N(CC(O)C(F)(F)F)C1O. The molecule has 0 aliphatic carbocycles. The Morgan fingerprint density at radius 2 is 1.96 bits per heavy atom. The van der Waals surface area contributed by atoms with Crippen LogP contribution in [0.15, 0.2) is 29.4 Å². The Hall–Kier alpha value is -2.02. The number of halogens is 4. The van der Waals surface area contributed by atoms with Gasteiger partial charge in [-0.1, -0.05) is 11.6 Å². The summed E-state index contributed by atoms with van der Waals surface area (Å²) in [4.78, 5) is 0.874. The molecule has 6 nitrogen and oxygen atoms in total. The second-order valence-corrected chi connectivity index (χ2v) is 5.18. The van der Waals surface area contributed by atoms with Gasteiger partial charge in [-0.25, -0.2) is 5.01 Å². The molecule has 0 radical (unpaired) electrons. The molecule has 0 bridgehead atoms. The van der Waals surface area contributed by atoms with Crippen molar-refractivity contribution in [3.8, 4) is 6.07 Å². The molecule has 2 rings (SSSR count). The molecular formula is C13H12ClF3N4O2. The minimum Gasteiger partial charge on any atom is -0.382 e. The number of aliphatic hydroxyl groups is 2. The molecule has 0 amide bonds. The van der Waals surface area contributed by atoms with E-state index >= 15 is 0 Å². The molecule has 0 saturated carbocycles. The zero-order chi connectivity index (χ0) is 17.2. The highest BCUT2D eigenvalue weighted by atomic mass is 35.5. The normalized spacial score (nSPS) is 19.5. The Labute approximate surface area is 134 Å². The van der Waals surface area contributed by atoms with Crippen LogP contribution in [0.4, 0.5) is 13.2 Å². The molecule has 1 aliphatic heterocycles. The summed E-state index contributed by atoms with van der Waals surface area (Å²) in [6, 6.07) is 7.79. The number of nitrogens with zero attached hydrogens (tertiary/aromatic N) is 4. The summed E-state index contributed by atoms with van der Waals surface area (Å²) in [5.74, 6) is 0.00715. The maximum Gasteiger partial charge on any atom is 0.416 e. The summed E-state index contributed by atoms with van der Waals surface area (Å²) in [7, 11) is 0. The Bertz CT molecular complexity index is 630. The molecule has 0 aromatic heterocycles. The number of nitriles is 1.